The maximum atomic E-state index is 12.8. The summed E-state index contributed by atoms with van der Waals surface area (Å²) in [5.74, 6) is -0.446. The van der Waals surface area contributed by atoms with E-state index < -0.39 is 5.82 Å². The lowest BCUT2D eigenvalue weighted by Gasteiger charge is -1.96. The topological polar surface area (TPSA) is 30.2 Å². The zero-order chi connectivity index (χ0) is 9.42. The van der Waals surface area contributed by atoms with E-state index in [1.165, 1.54) is 18.4 Å². The molecule has 0 aliphatic heterocycles. The van der Waals surface area contributed by atoms with Crippen LogP contribution >= 0.6 is 15.9 Å². The van der Waals surface area contributed by atoms with Crippen LogP contribution in [0.15, 0.2) is 38.1 Å². The zero-order valence-electron chi connectivity index (χ0n) is 6.38. The molecule has 0 spiro atoms. The van der Waals surface area contributed by atoms with Crippen molar-refractivity contribution < 1.29 is 8.81 Å². The van der Waals surface area contributed by atoms with E-state index in [0.29, 0.717) is 10.1 Å². The van der Waals surface area contributed by atoms with Gasteiger partial charge in [0.1, 0.15) is 22.1 Å². The molecule has 2 rings (SSSR count). The van der Waals surface area contributed by atoms with Gasteiger partial charge in [-0.25, -0.2) is 4.39 Å². The molecular weight excluding hydrogens is 239 g/mol. The molecule has 0 aliphatic rings. The lowest BCUT2D eigenvalue weighted by Crippen LogP contribution is -2.01. The van der Waals surface area contributed by atoms with Gasteiger partial charge in [0, 0.05) is 0 Å². The maximum Gasteiger partial charge on any atom is 0.206 e. The number of rotatable bonds is 0. The van der Waals surface area contributed by atoms with Crippen molar-refractivity contribution in [1.29, 1.82) is 0 Å². The summed E-state index contributed by atoms with van der Waals surface area (Å²) in [5.41, 5.74) is 0.121. The van der Waals surface area contributed by atoms with E-state index in [-0.39, 0.29) is 10.8 Å². The Morgan fingerprint density at radius 2 is 2.15 bits per heavy atom. The molecule has 0 bridgehead atoms. The molecule has 0 radical (unpaired) electrons. The van der Waals surface area contributed by atoms with Gasteiger partial charge >= 0.3 is 0 Å². The first-order valence-electron chi connectivity index (χ1n) is 3.55. The zero-order valence-corrected chi connectivity index (χ0v) is 7.97. The third kappa shape index (κ3) is 1.37. The molecule has 0 fully saturated rings. The van der Waals surface area contributed by atoms with Crippen LogP contribution in [-0.2, 0) is 0 Å². The molecule has 0 saturated heterocycles. The highest BCUT2D eigenvalue weighted by molar-refractivity contribution is 9.10. The quantitative estimate of drug-likeness (QED) is 0.712. The Morgan fingerprint density at radius 1 is 1.38 bits per heavy atom. The number of hydrogen-bond donors (Lipinski definition) is 0. The summed E-state index contributed by atoms with van der Waals surface area (Å²) in [6.07, 6.45) is 1.29. The molecule has 1 aromatic heterocycles. The lowest BCUT2D eigenvalue weighted by atomic mass is 10.2. The van der Waals surface area contributed by atoms with Crippen LogP contribution in [0.1, 0.15) is 0 Å². The molecule has 1 heterocycles. The van der Waals surface area contributed by atoms with Gasteiger partial charge in [-0.05, 0) is 34.1 Å². The van der Waals surface area contributed by atoms with E-state index in [2.05, 4.69) is 15.9 Å². The highest BCUT2D eigenvalue weighted by Crippen LogP contribution is 2.14. The summed E-state index contributed by atoms with van der Waals surface area (Å²) in [6, 6.07) is 3.84. The summed E-state index contributed by atoms with van der Waals surface area (Å²) in [7, 11) is 0. The lowest BCUT2D eigenvalue weighted by molar-refractivity contribution is 0.593. The molecule has 4 heteroatoms. The van der Waals surface area contributed by atoms with E-state index in [1.807, 2.05) is 0 Å². The third-order valence-electron chi connectivity index (χ3n) is 1.69. The normalized spacial score (nSPS) is 10.6. The molecule has 0 aliphatic carbocycles. The average molecular weight is 243 g/mol. The van der Waals surface area contributed by atoms with Crippen molar-refractivity contribution in [1.82, 2.24) is 0 Å². The van der Waals surface area contributed by atoms with Gasteiger partial charge < -0.3 is 4.42 Å². The standard InChI is InChI=1S/C9H4BrFO2/c10-7-4-13-8-2-1-5(11)3-6(8)9(7)12/h1-4H. The van der Waals surface area contributed by atoms with Gasteiger partial charge in [-0.2, -0.15) is 0 Å². The molecule has 1 aromatic carbocycles. The van der Waals surface area contributed by atoms with Crippen LogP contribution in [0.2, 0.25) is 0 Å². The summed E-state index contributed by atoms with van der Waals surface area (Å²) >= 11 is 3.01. The molecule has 0 amide bonds. The molecule has 2 aromatic rings. The Hall–Kier alpha value is -1.16. The molecule has 0 N–H and O–H groups in total. The monoisotopic (exact) mass is 242 g/mol. The Bertz CT molecular complexity index is 513. The van der Waals surface area contributed by atoms with Crippen molar-refractivity contribution in [3.8, 4) is 0 Å². The van der Waals surface area contributed by atoms with Crippen molar-refractivity contribution >= 4 is 26.9 Å². The van der Waals surface area contributed by atoms with Crippen molar-refractivity contribution in [2.75, 3.05) is 0 Å². The van der Waals surface area contributed by atoms with Crippen LogP contribution < -0.4 is 5.43 Å². The molecule has 66 valence electrons. The van der Waals surface area contributed by atoms with Gasteiger partial charge in [0.05, 0.1) is 5.39 Å². The van der Waals surface area contributed by atoms with Crippen molar-refractivity contribution in [3.05, 3.63) is 45.0 Å². The second-order valence-electron chi connectivity index (χ2n) is 2.55. The Labute approximate surface area is 81.1 Å². The SMILES string of the molecule is O=c1c(Br)coc2ccc(F)cc12. The highest BCUT2D eigenvalue weighted by Gasteiger charge is 2.04. The second kappa shape index (κ2) is 2.96. The van der Waals surface area contributed by atoms with E-state index >= 15 is 0 Å². The fourth-order valence-electron chi connectivity index (χ4n) is 1.08. The summed E-state index contributed by atoms with van der Waals surface area (Å²) in [5, 5.41) is 0.245. The maximum absolute atomic E-state index is 12.8. The van der Waals surface area contributed by atoms with Gasteiger partial charge in [-0.3, -0.25) is 4.79 Å². The number of fused-ring (bicyclic) bond motifs is 1. The van der Waals surface area contributed by atoms with Crippen LogP contribution in [0.3, 0.4) is 0 Å². The minimum atomic E-state index is -0.446. The molecule has 0 atom stereocenters. The fourth-order valence-corrected chi connectivity index (χ4v) is 1.39. The molecule has 0 saturated carbocycles. The van der Waals surface area contributed by atoms with Gasteiger partial charge in [0.2, 0.25) is 5.43 Å². The van der Waals surface area contributed by atoms with Crippen molar-refractivity contribution in [3.63, 3.8) is 0 Å². The van der Waals surface area contributed by atoms with Crippen LogP contribution in [0, 0.1) is 5.82 Å². The van der Waals surface area contributed by atoms with E-state index in [0.717, 1.165) is 6.07 Å². The minimum Gasteiger partial charge on any atom is -0.463 e. The average Bonchev–Trinajstić information content (AvgIpc) is 2.12. The van der Waals surface area contributed by atoms with Crippen LogP contribution in [0.25, 0.3) is 11.0 Å². The molecule has 0 unspecified atom stereocenters. The largest absolute Gasteiger partial charge is 0.463 e. The number of benzene rings is 1. The highest BCUT2D eigenvalue weighted by atomic mass is 79.9. The minimum absolute atomic E-state index is 0.245. The van der Waals surface area contributed by atoms with Gasteiger partial charge in [-0.1, -0.05) is 0 Å². The number of hydrogen-bond acceptors (Lipinski definition) is 2. The summed E-state index contributed by atoms with van der Waals surface area (Å²) in [4.78, 5) is 11.4. The molecular formula is C9H4BrFO2. The summed E-state index contributed by atoms with van der Waals surface area (Å²) < 4.78 is 18.1. The smallest absolute Gasteiger partial charge is 0.206 e. The van der Waals surface area contributed by atoms with Crippen LogP contribution in [-0.4, -0.2) is 0 Å². The number of halogens is 2. The molecule has 13 heavy (non-hydrogen) atoms. The Morgan fingerprint density at radius 3 is 2.92 bits per heavy atom. The van der Waals surface area contributed by atoms with Gasteiger partial charge in [0.25, 0.3) is 0 Å². The first-order chi connectivity index (χ1) is 6.18. The first kappa shape index (κ1) is 8.44. The van der Waals surface area contributed by atoms with E-state index in [4.69, 9.17) is 4.42 Å². The predicted molar refractivity (Wildman–Crippen MR) is 50.1 cm³/mol. The molecule has 2 nitrogen and oxygen atoms in total. The summed E-state index contributed by atoms with van der Waals surface area (Å²) in [6.45, 7) is 0. The third-order valence-corrected chi connectivity index (χ3v) is 2.24. The van der Waals surface area contributed by atoms with Crippen molar-refractivity contribution in [2.45, 2.75) is 0 Å². The van der Waals surface area contributed by atoms with Crippen LogP contribution in [0.5, 0.6) is 0 Å². The Kier molecular flexibility index (Phi) is 1.92. The van der Waals surface area contributed by atoms with Gasteiger partial charge in [0.15, 0.2) is 0 Å². The first-order valence-corrected chi connectivity index (χ1v) is 4.34. The second-order valence-corrected chi connectivity index (χ2v) is 3.41. The Balaban J connectivity index is 2.97. The van der Waals surface area contributed by atoms with Gasteiger partial charge in [-0.15, -0.1) is 0 Å². The fraction of sp³-hybridized carbons (Fsp3) is 0. The van der Waals surface area contributed by atoms with E-state index in [1.54, 1.807) is 0 Å². The van der Waals surface area contributed by atoms with E-state index in [9.17, 15) is 9.18 Å². The van der Waals surface area contributed by atoms with Crippen molar-refractivity contribution in [2.24, 2.45) is 0 Å². The van der Waals surface area contributed by atoms with Crippen LogP contribution in [0.4, 0.5) is 4.39 Å². The predicted octanol–water partition coefficient (Wildman–Crippen LogP) is 2.69.